The monoisotopic (exact) mass is 234 g/mol. The molecule has 92 valence electrons. The van der Waals surface area contributed by atoms with E-state index in [1.807, 2.05) is 6.07 Å². The number of nitrogens with zero attached hydrogens (tertiary/aromatic N) is 1. The van der Waals surface area contributed by atoms with Crippen LogP contribution in [0.4, 0.5) is 4.39 Å². The Morgan fingerprint density at radius 3 is 2.76 bits per heavy atom. The van der Waals surface area contributed by atoms with Gasteiger partial charge in [-0.2, -0.15) is 0 Å². The predicted octanol–water partition coefficient (Wildman–Crippen LogP) is 2.09. The van der Waals surface area contributed by atoms with E-state index >= 15 is 0 Å². The van der Waals surface area contributed by atoms with Crippen molar-refractivity contribution >= 4 is 0 Å². The molecule has 1 heterocycles. The van der Waals surface area contributed by atoms with Gasteiger partial charge in [0.15, 0.2) is 0 Å². The van der Waals surface area contributed by atoms with Crippen LogP contribution >= 0.6 is 0 Å². The van der Waals surface area contributed by atoms with Gasteiger partial charge in [0, 0.05) is 6.04 Å². The van der Waals surface area contributed by atoms with E-state index in [0.717, 1.165) is 37.9 Å². The van der Waals surface area contributed by atoms with Crippen molar-refractivity contribution in [1.82, 2.24) is 4.90 Å². The zero-order chi connectivity index (χ0) is 12.0. The number of halogens is 1. The van der Waals surface area contributed by atoms with Gasteiger partial charge in [-0.1, -0.05) is 6.07 Å². The SMILES string of the molecule is CN1CCC2(CC1)Cc1ccc(F)cc1C2N. The standard InChI is InChI=1S/C14H19FN2/c1-17-6-4-14(5-7-17)9-10-2-3-11(15)8-12(10)13(14)16/h2-3,8,13H,4-7,9,16H2,1H3. The van der Waals surface area contributed by atoms with Gasteiger partial charge in [0.2, 0.25) is 0 Å². The molecule has 0 saturated carbocycles. The highest BCUT2D eigenvalue weighted by Gasteiger charge is 2.45. The van der Waals surface area contributed by atoms with Crippen LogP contribution < -0.4 is 5.73 Å². The number of piperidine rings is 1. The Labute approximate surface area is 102 Å². The van der Waals surface area contributed by atoms with E-state index in [-0.39, 0.29) is 17.3 Å². The molecule has 1 aromatic rings. The van der Waals surface area contributed by atoms with Gasteiger partial charge in [-0.25, -0.2) is 4.39 Å². The third-order valence-corrected chi connectivity index (χ3v) is 4.63. The number of fused-ring (bicyclic) bond motifs is 1. The summed E-state index contributed by atoms with van der Waals surface area (Å²) in [6.45, 7) is 2.20. The Morgan fingerprint density at radius 1 is 1.35 bits per heavy atom. The molecule has 0 bridgehead atoms. The predicted molar refractivity (Wildman–Crippen MR) is 66.2 cm³/mol. The van der Waals surface area contributed by atoms with Crippen LogP contribution in [0.3, 0.4) is 0 Å². The first-order chi connectivity index (χ1) is 8.11. The van der Waals surface area contributed by atoms with Gasteiger partial charge in [-0.15, -0.1) is 0 Å². The normalized spacial score (nSPS) is 27.4. The van der Waals surface area contributed by atoms with Crippen molar-refractivity contribution in [1.29, 1.82) is 0 Å². The Morgan fingerprint density at radius 2 is 2.06 bits per heavy atom. The van der Waals surface area contributed by atoms with Crippen molar-refractivity contribution in [2.45, 2.75) is 25.3 Å². The van der Waals surface area contributed by atoms with Crippen LogP contribution in [0, 0.1) is 11.2 Å². The maximum Gasteiger partial charge on any atom is 0.123 e. The minimum absolute atomic E-state index is 0.0156. The Bertz CT molecular complexity index is 436. The van der Waals surface area contributed by atoms with Gasteiger partial charge in [0.1, 0.15) is 5.82 Å². The molecule has 2 aliphatic rings. The molecular weight excluding hydrogens is 215 g/mol. The molecule has 1 atom stereocenters. The number of rotatable bonds is 0. The molecule has 1 spiro atoms. The quantitative estimate of drug-likeness (QED) is 0.745. The summed E-state index contributed by atoms with van der Waals surface area (Å²) in [6, 6.07) is 5.12. The highest BCUT2D eigenvalue weighted by Crippen LogP contribution is 2.50. The minimum atomic E-state index is -0.163. The molecule has 3 rings (SSSR count). The van der Waals surface area contributed by atoms with Crippen molar-refractivity contribution in [2.75, 3.05) is 20.1 Å². The number of nitrogens with two attached hydrogens (primary N) is 1. The summed E-state index contributed by atoms with van der Waals surface area (Å²) in [5.74, 6) is -0.163. The Balaban J connectivity index is 1.93. The van der Waals surface area contributed by atoms with Crippen LogP contribution in [0.1, 0.15) is 30.0 Å². The maximum absolute atomic E-state index is 13.3. The number of hydrogen-bond acceptors (Lipinski definition) is 2. The molecule has 1 aromatic carbocycles. The second-order valence-electron chi connectivity index (χ2n) is 5.66. The number of benzene rings is 1. The maximum atomic E-state index is 13.3. The van der Waals surface area contributed by atoms with E-state index in [0.29, 0.717) is 0 Å². The molecule has 1 aliphatic heterocycles. The summed E-state index contributed by atoms with van der Waals surface area (Å²) in [5, 5.41) is 0. The van der Waals surface area contributed by atoms with E-state index in [1.54, 1.807) is 12.1 Å². The summed E-state index contributed by atoms with van der Waals surface area (Å²) in [4.78, 5) is 2.35. The second-order valence-corrected chi connectivity index (χ2v) is 5.66. The van der Waals surface area contributed by atoms with Crippen molar-refractivity contribution in [3.8, 4) is 0 Å². The average molecular weight is 234 g/mol. The fourth-order valence-electron chi connectivity index (χ4n) is 3.39. The zero-order valence-corrected chi connectivity index (χ0v) is 10.2. The topological polar surface area (TPSA) is 29.3 Å². The Hall–Kier alpha value is -0.930. The molecule has 17 heavy (non-hydrogen) atoms. The van der Waals surface area contributed by atoms with E-state index in [1.165, 1.54) is 5.56 Å². The number of likely N-dealkylation sites (tertiary alicyclic amines) is 1. The van der Waals surface area contributed by atoms with Crippen LogP contribution in [0.25, 0.3) is 0 Å². The van der Waals surface area contributed by atoms with E-state index in [2.05, 4.69) is 11.9 Å². The van der Waals surface area contributed by atoms with Crippen LogP contribution in [0.2, 0.25) is 0 Å². The molecule has 1 saturated heterocycles. The van der Waals surface area contributed by atoms with Gasteiger partial charge in [-0.3, -0.25) is 0 Å². The van der Waals surface area contributed by atoms with Crippen LogP contribution in [-0.4, -0.2) is 25.0 Å². The summed E-state index contributed by atoms with van der Waals surface area (Å²) >= 11 is 0. The third kappa shape index (κ3) is 1.69. The van der Waals surface area contributed by atoms with Crippen molar-refractivity contribution in [3.63, 3.8) is 0 Å². The molecule has 2 nitrogen and oxygen atoms in total. The van der Waals surface area contributed by atoms with Crippen LogP contribution in [-0.2, 0) is 6.42 Å². The third-order valence-electron chi connectivity index (χ3n) is 4.63. The average Bonchev–Trinajstić information content (AvgIpc) is 2.58. The fraction of sp³-hybridized carbons (Fsp3) is 0.571. The van der Waals surface area contributed by atoms with Gasteiger partial charge >= 0.3 is 0 Å². The molecular formula is C14H19FN2. The highest BCUT2D eigenvalue weighted by atomic mass is 19.1. The first-order valence-corrected chi connectivity index (χ1v) is 6.33. The molecule has 0 amide bonds. The summed E-state index contributed by atoms with van der Waals surface area (Å²) < 4.78 is 13.3. The minimum Gasteiger partial charge on any atom is -0.323 e. The van der Waals surface area contributed by atoms with Gasteiger partial charge < -0.3 is 10.6 Å². The summed E-state index contributed by atoms with van der Waals surface area (Å²) in [7, 11) is 2.15. The fourth-order valence-corrected chi connectivity index (χ4v) is 3.39. The molecule has 1 unspecified atom stereocenters. The molecule has 0 aromatic heterocycles. The molecule has 3 heteroatoms. The number of hydrogen-bond donors (Lipinski definition) is 1. The van der Waals surface area contributed by atoms with Crippen molar-refractivity contribution in [3.05, 3.63) is 35.1 Å². The van der Waals surface area contributed by atoms with Gasteiger partial charge in [0.25, 0.3) is 0 Å². The van der Waals surface area contributed by atoms with Crippen LogP contribution in [0.15, 0.2) is 18.2 Å². The first-order valence-electron chi connectivity index (χ1n) is 6.33. The van der Waals surface area contributed by atoms with Crippen molar-refractivity contribution in [2.24, 2.45) is 11.1 Å². The Kier molecular flexibility index (Phi) is 2.49. The lowest BCUT2D eigenvalue weighted by Gasteiger charge is -2.41. The van der Waals surface area contributed by atoms with E-state index in [9.17, 15) is 4.39 Å². The molecule has 0 radical (unpaired) electrons. The van der Waals surface area contributed by atoms with Gasteiger partial charge in [0.05, 0.1) is 0 Å². The van der Waals surface area contributed by atoms with Crippen LogP contribution in [0.5, 0.6) is 0 Å². The first kappa shape index (κ1) is 11.2. The lowest BCUT2D eigenvalue weighted by Crippen LogP contribution is -2.42. The summed E-state index contributed by atoms with van der Waals surface area (Å²) in [6.07, 6.45) is 3.28. The van der Waals surface area contributed by atoms with Gasteiger partial charge in [-0.05, 0) is 68.1 Å². The zero-order valence-electron chi connectivity index (χ0n) is 10.2. The lowest BCUT2D eigenvalue weighted by molar-refractivity contribution is 0.106. The highest BCUT2D eigenvalue weighted by molar-refractivity contribution is 5.38. The molecule has 1 aliphatic carbocycles. The summed E-state index contributed by atoms with van der Waals surface area (Å²) in [5.41, 5.74) is 8.86. The largest absolute Gasteiger partial charge is 0.323 e. The molecule has 2 N–H and O–H groups in total. The smallest absolute Gasteiger partial charge is 0.123 e. The molecule has 1 fully saturated rings. The van der Waals surface area contributed by atoms with Crippen molar-refractivity contribution < 1.29 is 4.39 Å². The lowest BCUT2D eigenvalue weighted by atomic mass is 9.73. The van der Waals surface area contributed by atoms with E-state index < -0.39 is 0 Å². The van der Waals surface area contributed by atoms with E-state index in [4.69, 9.17) is 5.73 Å². The second kappa shape index (κ2) is 3.79.